The average molecular weight is 335 g/mol. The van der Waals surface area contributed by atoms with Crippen molar-refractivity contribution in [2.45, 2.75) is 45.2 Å². The molecule has 3 aliphatic rings. The minimum atomic E-state index is -0.597. The highest BCUT2D eigenvalue weighted by Crippen LogP contribution is 2.45. The fourth-order valence-corrected chi connectivity index (χ4v) is 5.49. The van der Waals surface area contributed by atoms with Crippen molar-refractivity contribution in [3.63, 3.8) is 0 Å². The largest absolute Gasteiger partial charge is 0.481 e. The maximum absolute atomic E-state index is 12.1. The predicted molar refractivity (Wildman–Crippen MR) is 89.5 cm³/mol. The van der Waals surface area contributed by atoms with Gasteiger partial charge < -0.3 is 5.11 Å². The summed E-state index contributed by atoms with van der Waals surface area (Å²) in [5.74, 6) is -0.333. The summed E-state index contributed by atoms with van der Waals surface area (Å²) in [6, 6.07) is 0.631. The molecular weight excluding hydrogens is 310 g/mol. The first kappa shape index (κ1) is 15.5. The maximum atomic E-state index is 12.1. The second-order valence-corrected chi connectivity index (χ2v) is 8.62. The van der Waals surface area contributed by atoms with E-state index in [9.17, 15) is 9.90 Å². The van der Waals surface area contributed by atoms with E-state index in [2.05, 4.69) is 20.2 Å². The van der Waals surface area contributed by atoms with Gasteiger partial charge in [-0.05, 0) is 19.8 Å². The van der Waals surface area contributed by atoms with Crippen LogP contribution in [0.5, 0.6) is 0 Å². The van der Waals surface area contributed by atoms with Gasteiger partial charge in [0.15, 0.2) is 0 Å². The molecule has 5 nitrogen and oxygen atoms in total. The molecule has 0 unspecified atom stereocenters. The molecule has 1 N–H and O–H groups in total. The summed E-state index contributed by atoms with van der Waals surface area (Å²) in [4.78, 5) is 21.4. The van der Waals surface area contributed by atoms with Crippen LogP contribution in [0.1, 0.15) is 36.4 Å². The minimum absolute atomic E-state index is 0.264. The molecule has 0 bridgehead atoms. The van der Waals surface area contributed by atoms with Gasteiger partial charge in [-0.1, -0.05) is 12.8 Å². The van der Waals surface area contributed by atoms with E-state index in [0.717, 1.165) is 36.9 Å². The molecule has 23 heavy (non-hydrogen) atoms. The average Bonchev–Trinajstić information content (AvgIpc) is 3.21. The molecule has 4 rings (SSSR count). The number of hydrogen-bond donors (Lipinski definition) is 1. The first-order valence-electron chi connectivity index (χ1n) is 8.68. The summed E-state index contributed by atoms with van der Waals surface area (Å²) in [6.07, 6.45) is 5.12. The smallest absolute Gasteiger partial charge is 0.312 e. The molecule has 1 aromatic rings. The first-order valence-corrected chi connectivity index (χ1v) is 9.55. The van der Waals surface area contributed by atoms with Crippen LogP contribution in [0.25, 0.3) is 0 Å². The normalized spacial score (nSPS) is 32.7. The Hall–Kier alpha value is -0.980. The number of aliphatic carboxylic acids is 1. The zero-order valence-electron chi connectivity index (χ0n) is 13.7. The summed E-state index contributed by atoms with van der Waals surface area (Å²) in [6.45, 7) is 6.08. The number of thiazole rings is 1. The Labute approximate surface area is 141 Å². The summed E-state index contributed by atoms with van der Waals surface area (Å²) >= 11 is 1.67. The number of nitrogens with zero attached hydrogens (tertiary/aromatic N) is 3. The molecule has 126 valence electrons. The van der Waals surface area contributed by atoms with Crippen LogP contribution in [0.2, 0.25) is 0 Å². The number of aromatic nitrogens is 1. The Kier molecular flexibility index (Phi) is 3.94. The predicted octanol–water partition coefficient (Wildman–Crippen LogP) is 2.21. The number of carboxylic acids is 1. The van der Waals surface area contributed by atoms with Crippen molar-refractivity contribution >= 4 is 17.3 Å². The summed E-state index contributed by atoms with van der Waals surface area (Å²) in [7, 11) is 0. The van der Waals surface area contributed by atoms with Gasteiger partial charge in [-0.2, -0.15) is 0 Å². The van der Waals surface area contributed by atoms with Gasteiger partial charge in [0.05, 0.1) is 16.1 Å². The van der Waals surface area contributed by atoms with E-state index >= 15 is 0 Å². The third-order valence-electron chi connectivity index (χ3n) is 6.03. The quantitative estimate of drug-likeness (QED) is 0.914. The lowest BCUT2D eigenvalue weighted by atomic mass is 9.81. The van der Waals surface area contributed by atoms with Crippen LogP contribution in [0.3, 0.4) is 0 Å². The number of hydrogen-bond acceptors (Lipinski definition) is 5. The molecule has 1 saturated carbocycles. The van der Waals surface area contributed by atoms with Gasteiger partial charge in [-0.15, -0.1) is 11.3 Å². The molecule has 2 atom stereocenters. The van der Waals surface area contributed by atoms with Crippen LogP contribution < -0.4 is 0 Å². The van der Waals surface area contributed by atoms with Crippen LogP contribution in [-0.4, -0.2) is 58.1 Å². The summed E-state index contributed by atoms with van der Waals surface area (Å²) < 4.78 is 0. The lowest BCUT2D eigenvalue weighted by molar-refractivity contribution is -0.149. The van der Waals surface area contributed by atoms with Gasteiger partial charge in [-0.25, -0.2) is 4.98 Å². The Morgan fingerprint density at radius 1 is 1.39 bits per heavy atom. The maximum Gasteiger partial charge on any atom is 0.312 e. The van der Waals surface area contributed by atoms with E-state index < -0.39 is 11.4 Å². The number of carboxylic acid groups (broad SMARTS) is 1. The van der Waals surface area contributed by atoms with Gasteiger partial charge in [0.2, 0.25) is 0 Å². The molecule has 1 aliphatic carbocycles. The van der Waals surface area contributed by atoms with Crippen LogP contribution in [-0.2, 0) is 11.3 Å². The Bertz CT molecular complexity index is 598. The van der Waals surface area contributed by atoms with Gasteiger partial charge in [0, 0.05) is 50.1 Å². The number of carbonyl (C=O) groups is 1. The lowest BCUT2D eigenvalue weighted by Gasteiger charge is -2.28. The zero-order chi connectivity index (χ0) is 16.0. The second kappa shape index (κ2) is 5.83. The SMILES string of the molecule is Cc1nc(CN2C[C@@H]3CN(C4CCCC4)C[C@]3(C(=O)O)C2)cs1. The Morgan fingerprint density at radius 3 is 2.78 bits per heavy atom. The van der Waals surface area contributed by atoms with Crippen molar-refractivity contribution in [2.24, 2.45) is 11.3 Å². The van der Waals surface area contributed by atoms with E-state index in [4.69, 9.17) is 0 Å². The second-order valence-electron chi connectivity index (χ2n) is 7.55. The number of fused-ring (bicyclic) bond motifs is 1. The van der Waals surface area contributed by atoms with Crippen LogP contribution in [0, 0.1) is 18.3 Å². The van der Waals surface area contributed by atoms with E-state index in [1.165, 1.54) is 25.7 Å². The molecule has 6 heteroatoms. The number of rotatable bonds is 4. The van der Waals surface area contributed by atoms with Crippen molar-refractivity contribution in [3.05, 3.63) is 16.1 Å². The Balaban J connectivity index is 1.47. The molecule has 2 aliphatic heterocycles. The van der Waals surface area contributed by atoms with Crippen molar-refractivity contribution in [3.8, 4) is 0 Å². The van der Waals surface area contributed by atoms with Crippen LogP contribution in [0.15, 0.2) is 5.38 Å². The van der Waals surface area contributed by atoms with E-state index in [0.29, 0.717) is 12.6 Å². The molecule has 3 fully saturated rings. The standard InChI is InChI=1S/C17H25N3O2S/c1-12-18-14(9-23-12)8-19-6-13-7-20(15-4-2-3-5-15)11-17(13,10-19)16(21)22/h9,13,15H,2-8,10-11H2,1H3,(H,21,22)/t13-,17-/m1/s1. The van der Waals surface area contributed by atoms with Crippen LogP contribution >= 0.6 is 11.3 Å². The molecule has 0 amide bonds. The van der Waals surface area contributed by atoms with E-state index in [-0.39, 0.29) is 5.92 Å². The molecule has 0 spiro atoms. The number of aryl methyl sites for hydroxylation is 1. The van der Waals surface area contributed by atoms with Gasteiger partial charge in [0.1, 0.15) is 0 Å². The van der Waals surface area contributed by atoms with Gasteiger partial charge >= 0.3 is 5.97 Å². The molecular formula is C17H25N3O2S. The Morgan fingerprint density at radius 2 is 2.17 bits per heavy atom. The molecule has 2 saturated heterocycles. The highest BCUT2D eigenvalue weighted by Gasteiger charge is 2.58. The number of likely N-dealkylation sites (tertiary alicyclic amines) is 2. The summed E-state index contributed by atoms with van der Waals surface area (Å²) in [5, 5.41) is 13.1. The van der Waals surface area contributed by atoms with E-state index in [1.807, 2.05) is 6.92 Å². The van der Waals surface area contributed by atoms with Gasteiger partial charge in [0.25, 0.3) is 0 Å². The van der Waals surface area contributed by atoms with Crippen molar-refractivity contribution in [1.82, 2.24) is 14.8 Å². The van der Waals surface area contributed by atoms with Crippen molar-refractivity contribution in [2.75, 3.05) is 26.2 Å². The topological polar surface area (TPSA) is 56.7 Å². The monoisotopic (exact) mass is 335 g/mol. The molecule has 3 heterocycles. The van der Waals surface area contributed by atoms with Crippen molar-refractivity contribution in [1.29, 1.82) is 0 Å². The van der Waals surface area contributed by atoms with Gasteiger partial charge in [-0.3, -0.25) is 14.6 Å². The third kappa shape index (κ3) is 2.71. The molecule has 0 radical (unpaired) electrons. The molecule has 0 aromatic carbocycles. The highest BCUT2D eigenvalue weighted by atomic mass is 32.1. The fraction of sp³-hybridized carbons (Fsp3) is 0.765. The first-order chi connectivity index (χ1) is 11.1. The zero-order valence-corrected chi connectivity index (χ0v) is 14.5. The lowest BCUT2D eigenvalue weighted by Crippen LogP contribution is -2.42. The summed E-state index contributed by atoms with van der Waals surface area (Å²) in [5.41, 5.74) is 0.522. The minimum Gasteiger partial charge on any atom is -0.481 e. The third-order valence-corrected chi connectivity index (χ3v) is 6.85. The highest BCUT2D eigenvalue weighted by molar-refractivity contribution is 7.09. The van der Waals surface area contributed by atoms with Crippen LogP contribution in [0.4, 0.5) is 0 Å². The molecule has 1 aromatic heterocycles. The van der Waals surface area contributed by atoms with Crippen molar-refractivity contribution < 1.29 is 9.90 Å². The fourth-order valence-electron chi connectivity index (χ4n) is 4.89. The van der Waals surface area contributed by atoms with E-state index in [1.54, 1.807) is 11.3 Å².